The second-order valence-electron chi connectivity index (χ2n) is 5.66. The van der Waals surface area contributed by atoms with Crippen molar-refractivity contribution in [1.82, 2.24) is 12.9 Å². The Kier molecular flexibility index (Phi) is 5.09. The van der Waals surface area contributed by atoms with Crippen LogP contribution in [0.2, 0.25) is 0 Å². The summed E-state index contributed by atoms with van der Waals surface area (Å²) in [6.07, 6.45) is 1.36. The van der Waals surface area contributed by atoms with Crippen molar-refractivity contribution in [2.45, 2.75) is 39.3 Å². The third-order valence-electron chi connectivity index (χ3n) is 4.52. The van der Waals surface area contributed by atoms with Crippen LogP contribution in [0, 0.1) is 5.92 Å². The summed E-state index contributed by atoms with van der Waals surface area (Å²) in [7, 11) is 0. The minimum absolute atomic E-state index is 0.763. The van der Waals surface area contributed by atoms with Crippen LogP contribution in [0.25, 0.3) is 0 Å². The molecule has 2 fully saturated rings. The highest BCUT2D eigenvalue weighted by Crippen LogP contribution is 2.27. The average molecular weight is 351 g/mol. The molecule has 0 aromatic carbocycles. The van der Waals surface area contributed by atoms with E-state index < -0.39 is 0 Å². The fourth-order valence-corrected chi connectivity index (χ4v) is 3.81. The molecule has 2 aliphatic heterocycles. The summed E-state index contributed by atoms with van der Waals surface area (Å²) in [6.45, 7) is 14.6. The molecule has 3 atom stereocenters. The van der Waals surface area contributed by atoms with Gasteiger partial charge < -0.3 is 4.90 Å². The Hall–Kier alpha value is 0.610. The molecular weight excluding hydrogens is 325 g/mol. The van der Waals surface area contributed by atoms with E-state index in [2.05, 4.69) is 56.5 Å². The van der Waals surface area contributed by atoms with Crippen LogP contribution in [0.5, 0.6) is 0 Å². The first-order valence-electron chi connectivity index (χ1n) is 7.00. The summed E-state index contributed by atoms with van der Waals surface area (Å²) in [5.74, 6) is 0.826. The van der Waals surface area contributed by atoms with Gasteiger partial charge in [-0.25, -0.2) is 3.11 Å². The molecule has 17 heavy (non-hydrogen) atoms. The van der Waals surface area contributed by atoms with Crippen molar-refractivity contribution in [3.63, 3.8) is 0 Å². The third kappa shape index (κ3) is 3.33. The van der Waals surface area contributed by atoms with Gasteiger partial charge in [-0.15, -0.1) is 0 Å². The molecule has 0 saturated carbocycles. The Morgan fingerprint density at radius 3 is 2.35 bits per heavy atom. The van der Waals surface area contributed by atoms with Gasteiger partial charge in [0.2, 0.25) is 0 Å². The van der Waals surface area contributed by atoms with Crippen molar-refractivity contribution >= 4 is 22.9 Å². The van der Waals surface area contributed by atoms with E-state index in [9.17, 15) is 0 Å². The number of likely N-dealkylation sites (tertiary alicyclic amines) is 1. The Labute approximate surface area is 120 Å². The van der Waals surface area contributed by atoms with Gasteiger partial charge in [0.25, 0.3) is 0 Å². The van der Waals surface area contributed by atoms with Gasteiger partial charge >= 0.3 is 0 Å². The number of piperazine rings is 1. The van der Waals surface area contributed by atoms with Crippen LogP contribution in [0.3, 0.4) is 0 Å². The van der Waals surface area contributed by atoms with Gasteiger partial charge in [-0.05, 0) is 25.8 Å². The maximum atomic E-state index is 2.74. The Bertz CT molecular complexity index is 241. The molecule has 0 unspecified atom stereocenters. The summed E-state index contributed by atoms with van der Waals surface area (Å²) in [6, 6.07) is 1.58. The lowest BCUT2D eigenvalue weighted by atomic mass is 9.88. The Morgan fingerprint density at radius 1 is 1.12 bits per heavy atom. The van der Waals surface area contributed by atoms with E-state index in [1.165, 1.54) is 45.7 Å². The SMILES string of the molecule is CCN1C[C@H](C)[C@@H](N2CCN(I)CC2)C[C@H]1C. The number of rotatable bonds is 2. The van der Waals surface area contributed by atoms with E-state index in [4.69, 9.17) is 0 Å². The summed E-state index contributed by atoms with van der Waals surface area (Å²) in [5.41, 5.74) is 0. The number of halogens is 1. The van der Waals surface area contributed by atoms with Crippen molar-refractivity contribution in [2.75, 3.05) is 39.3 Å². The lowest BCUT2D eigenvalue weighted by Crippen LogP contribution is -2.57. The van der Waals surface area contributed by atoms with E-state index >= 15 is 0 Å². The van der Waals surface area contributed by atoms with E-state index in [-0.39, 0.29) is 0 Å². The zero-order valence-corrected chi connectivity index (χ0v) is 13.6. The molecule has 0 amide bonds. The molecule has 0 bridgehead atoms. The molecule has 0 radical (unpaired) electrons. The van der Waals surface area contributed by atoms with E-state index in [0.29, 0.717) is 0 Å². The van der Waals surface area contributed by atoms with Crippen molar-refractivity contribution in [1.29, 1.82) is 0 Å². The van der Waals surface area contributed by atoms with Crippen LogP contribution in [0.15, 0.2) is 0 Å². The summed E-state index contributed by atoms with van der Waals surface area (Å²) in [4.78, 5) is 5.37. The summed E-state index contributed by atoms with van der Waals surface area (Å²) < 4.78 is 2.42. The van der Waals surface area contributed by atoms with Crippen molar-refractivity contribution in [3.8, 4) is 0 Å². The lowest BCUT2D eigenvalue weighted by Gasteiger charge is -2.47. The van der Waals surface area contributed by atoms with Crippen LogP contribution in [-0.2, 0) is 0 Å². The quantitative estimate of drug-likeness (QED) is 0.557. The normalized spacial score (nSPS) is 38.5. The minimum atomic E-state index is 0.763. The van der Waals surface area contributed by atoms with Gasteiger partial charge in [0.1, 0.15) is 0 Å². The molecular formula is C13H26IN3. The zero-order valence-electron chi connectivity index (χ0n) is 11.4. The van der Waals surface area contributed by atoms with Gasteiger partial charge in [0, 0.05) is 67.7 Å². The first-order valence-corrected chi connectivity index (χ1v) is 7.97. The van der Waals surface area contributed by atoms with Crippen LogP contribution < -0.4 is 0 Å². The Balaban J connectivity index is 1.92. The van der Waals surface area contributed by atoms with Crippen LogP contribution in [0.4, 0.5) is 0 Å². The van der Waals surface area contributed by atoms with Crippen molar-refractivity contribution in [2.24, 2.45) is 5.92 Å². The van der Waals surface area contributed by atoms with Gasteiger partial charge in [0.15, 0.2) is 0 Å². The van der Waals surface area contributed by atoms with E-state index in [0.717, 1.165) is 18.0 Å². The van der Waals surface area contributed by atoms with Gasteiger partial charge in [-0.1, -0.05) is 13.8 Å². The van der Waals surface area contributed by atoms with E-state index in [1.807, 2.05) is 0 Å². The molecule has 2 aliphatic rings. The minimum Gasteiger partial charge on any atom is -0.301 e. The average Bonchev–Trinajstić information content (AvgIpc) is 2.33. The third-order valence-corrected chi connectivity index (χ3v) is 5.49. The number of hydrogen-bond acceptors (Lipinski definition) is 3. The lowest BCUT2D eigenvalue weighted by molar-refractivity contribution is 0.0231. The molecule has 0 aromatic rings. The predicted molar refractivity (Wildman–Crippen MR) is 81.4 cm³/mol. The largest absolute Gasteiger partial charge is 0.301 e. The summed E-state index contributed by atoms with van der Waals surface area (Å²) >= 11 is 2.45. The predicted octanol–water partition coefficient (Wildman–Crippen LogP) is 2.07. The number of piperidine rings is 1. The van der Waals surface area contributed by atoms with Crippen molar-refractivity contribution < 1.29 is 0 Å². The topological polar surface area (TPSA) is 9.72 Å². The number of nitrogens with zero attached hydrogens (tertiary/aromatic N) is 3. The maximum Gasteiger partial charge on any atom is 0.0209 e. The smallest absolute Gasteiger partial charge is 0.0209 e. The summed E-state index contributed by atoms with van der Waals surface area (Å²) in [5, 5.41) is 0. The van der Waals surface area contributed by atoms with Crippen LogP contribution in [0.1, 0.15) is 27.2 Å². The highest BCUT2D eigenvalue weighted by atomic mass is 127. The first kappa shape index (κ1) is 14.0. The van der Waals surface area contributed by atoms with Crippen molar-refractivity contribution in [3.05, 3.63) is 0 Å². The highest BCUT2D eigenvalue weighted by molar-refractivity contribution is 14.1. The Morgan fingerprint density at radius 2 is 1.76 bits per heavy atom. The number of hydrogen-bond donors (Lipinski definition) is 0. The van der Waals surface area contributed by atoms with Gasteiger partial charge in [-0.3, -0.25) is 4.90 Å². The molecule has 0 aliphatic carbocycles. The molecule has 2 saturated heterocycles. The molecule has 0 N–H and O–H groups in total. The standard InChI is InChI=1S/C13H26IN3/c1-4-15-10-11(2)13(9-12(15)3)16-5-7-17(14)8-6-16/h11-13H,4-10H2,1-3H3/t11-,12+,13-/m0/s1. The second-order valence-corrected chi connectivity index (χ2v) is 7.03. The second kappa shape index (κ2) is 6.17. The molecule has 2 rings (SSSR count). The maximum absolute atomic E-state index is 2.74. The monoisotopic (exact) mass is 351 g/mol. The molecule has 4 heteroatoms. The first-order chi connectivity index (χ1) is 8.11. The van der Waals surface area contributed by atoms with E-state index in [1.54, 1.807) is 0 Å². The highest BCUT2D eigenvalue weighted by Gasteiger charge is 2.34. The van der Waals surface area contributed by atoms with Crippen LogP contribution >= 0.6 is 22.9 Å². The van der Waals surface area contributed by atoms with Gasteiger partial charge in [-0.2, -0.15) is 0 Å². The fourth-order valence-electron chi connectivity index (χ4n) is 3.38. The fraction of sp³-hybridized carbons (Fsp3) is 1.00. The molecule has 2 heterocycles. The molecule has 100 valence electrons. The van der Waals surface area contributed by atoms with Crippen LogP contribution in [-0.4, -0.2) is 64.3 Å². The molecule has 0 aromatic heterocycles. The van der Waals surface area contributed by atoms with Gasteiger partial charge in [0.05, 0.1) is 0 Å². The zero-order chi connectivity index (χ0) is 12.4. The molecule has 0 spiro atoms. The molecule has 3 nitrogen and oxygen atoms in total.